The highest BCUT2D eigenvalue weighted by atomic mass is 16.4. The Balaban J connectivity index is 2.00. The van der Waals surface area contributed by atoms with Gasteiger partial charge in [0.2, 0.25) is 5.91 Å². The summed E-state index contributed by atoms with van der Waals surface area (Å²) in [7, 11) is 0. The maximum Gasteiger partial charge on any atom is 0.325 e. The lowest BCUT2D eigenvalue weighted by Gasteiger charge is -2.26. The molecule has 1 aromatic carbocycles. The van der Waals surface area contributed by atoms with Crippen molar-refractivity contribution in [3.8, 4) is 0 Å². The van der Waals surface area contributed by atoms with E-state index in [1.807, 2.05) is 24.3 Å². The molecule has 3 N–H and O–H groups in total. The van der Waals surface area contributed by atoms with Crippen LogP contribution in [0.3, 0.4) is 0 Å². The minimum atomic E-state index is -1.03. The standard InChI is InChI=1S/C13H16N2O3/c1-8(13(17)18)15-12(16)11-6-9-4-2-3-5-10(9)7-14-11/h2-5,8,11,14H,6-7H2,1H3,(H,15,16)(H,17,18)/t8?,11-/m1/s1. The molecule has 2 rings (SSSR count). The number of carboxylic acid groups (broad SMARTS) is 1. The van der Waals surface area contributed by atoms with Gasteiger partial charge in [0.05, 0.1) is 6.04 Å². The van der Waals surface area contributed by atoms with Crippen LogP contribution in [0.25, 0.3) is 0 Å². The molecule has 0 aromatic heterocycles. The van der Waals surface area contributed by atoms with Gasteiger partial charge in [0.25, 0.3) is 0 Å². The van der Waals surface area contributed by atoms with Crippen LogP contribution < -0.4 is 10.6 Å². The van der Waals surface area contributed by atoms with E-state index in [2.05, 4.69) is 10.6 Å². The number of amides is 1. The molecule has 0 aliphatic carbocycles. The van der Waals surface area contributed by atoms with Crippen molar-refractivity contribution in [2.75, 3.05) is 0 Å². The average Bonchev–Trinajstić information content (AvgIpc) is 2.37. The van der Waals surface area contributed by atoms with Crippen molar-refractivity contribution < 1.29 is 14.7 Å². The Morgan fingerprint density at radius 2 is 2.06 bits per heavy atom. The second kappa shape index (κ2) is 5.18. The van der Waals surface area contributed by atoms with Crippen molar-refractivity contribution >= 4 is 11.9 Å². The lowest BCUT2D eigenvalue weighted by Crippen LogP contribution is -2.51. The van der Waals surface area contributed by atoms with E-state index in [9.17, 15) is 9.59 Å². The van der Waals surface area contributed by atoms with E-state index in [0.29, 0.717) is 13.0 Å². The maximum atomic E-state index is 11.9. The minimum Gasteiger partial charge on any atom is -0.480 e. The van der Waals surface area contributed by atoms with Crippen molar-refractivity contribution in [3.05, 3.63) is 35.4 Å². The van der Waals surface area contributed by atoms with Crippen molar-refractivity contribution in [2.24, 2.45) is 0 Å². The molecule has 0 fully saturated rings. The molecule has 1 unspecified atom stereocenters. The summed E-state index contributed by atoms with van der Waals surface area (Å²) in [5.41, 5.74) is 2.33. The van der Waals surface area contributed by atoms with Crippen LogP contribution in [0.5, 0.6) is 0 Å². The molecular formula is C13H16N2O3. The fourth-order valence-corrected chi connectivity index (χ4v) is 2.02. The topological polar surface area (TPSA) is 78.4 Å². The zero-order chi connectivity index (χ0) is 13.1. The van der Waals surface area contributed by atoms with Gasteiger partial charge >= 0.3 is 5.97 Å². The predicted octanol–water partition coefficient (Wildman–Crippen LogP) is 0.290. The van der Waals surface area contributed by atoms with Gasteiger partial charge in [-0.25, -0.2) is 0 Å². The first-order valence-corrected chi connectivity index (χ1v) is 5.91. The van der Waals surface area contributed by atoms with Crippen LogP contribution in [-0.4, -0.2) is 29.1 Å². The van der Waals surface area contributed by atoms with E-state index in [1.165, 1.54) is 12.5 Å². The molecule has 5 heteroatoms. The summed E-state index contributed by atoms with van der Waals surface area (Å²) in [5, 5.41) is 14.3. The van der Waals surface area contributed by atoms with E-state index >= 15 is 0 Å². The molecule has 18 heavy (non-hydrogen) atoms. The third-order valence-corrected chi connectivity index (χ3v) is 3.13. The van der Waals surface area contributed by atoms with Crippen LogP contribution in [0.2, 0.25) is 0 Å². The monoisotopic (exact) mass is 248 g/mol. The predicted molar refractivity (Wildman–Crippen MR) is 66.0 cm³/mol. The van der Waals surface area contributed by atoms with E-state index in [4.69, 9.17) is 5.11 Å². The second-order valence-electron chi connectivity index (χ2n) is 4.47. The fourth-order valence-electron chi connectivity index (χ4n) is 2.02. The van der Waals surface area contributed by atoms with E-state index < -0.39 is 12.0 Å². The molecule has 1 amide bonds. The third-order valence-electron chi connectivity index (χ3n) is 3.13. The SMILES string of the molecule is CC(NC(=O)[C@H]1Cc2ccccc2CN1)C(=O)O. The zero-order valence-corrected chi connectivity index (χ0v) is 10.1. The quantitative estimate of drug-likeness (QED) is 0.718. The highest BCUT2D eigenvalue weighted by Crippen LogP contribution is 2.16. The van der Waals surface area contributed by atoms with Crippen LogP contribution in [0.15, 0.2) is 24.3 Å². The smallest absolute Gasteiger partial charge is 0.325 e. The summed E-state index contributed by atoms with van der Waals surface area (Å²) in [5.74, 6) is -1.29. The Morgan fingerprint density at radius 1 is 1.39 bits per heavy atom. The van der Waals surface area contributed by atoms with Crippen molar-refractivity contribution in [1.82, 2.24) is 10.6 Å². The van der Waals surface area contributed by atoms with Gasteiger partial charge in [-0.15, -0.1) is 0 Å². The summed E-state index contributed by atoms with van der Waals surface area (Å²) in [6.45, 7) is 2.09. The Kier molecular flexibility index (Phi) is 3.62. The number of rotatable bonds is 3. The molecule has 1 aromatic rings. The van der Waals surface area contributed by atoms with Gasteiger partial charge in [-0.3, -0.25) is 9.59 Å². The lowest BCUT2D eigenvalue weighted by molar-refractivity contribution is -0.141. The highest BCUT2D eigenvalue weighted by Gasteiger charge is 2.25. The number of aliphatic carboxylic acids is 1. The number of carbonyl (C=O) groups is 2. The first-order valence-electron chi connectivity index (χ1n) is 5.91. The number of nitrogens with one attached hydrogen (secondary N) is 2. The molecule has 0 radical (unpaired) electrons. The van der Waals surface area contributed by atoms with Crippen molar-refractivity contribution in [3.63, 3.8) is 0 Å². The van der Waals surface area contributed by atoms with Crippen LogP contribution in [0.4, 0.5) is 0 Å². The van der Waals surface area contributed by atoms with E-state index in [1.54, 1.807) is 0 Å². The zero-order valence-electron chi connectivity index (χ0n) is 10.1. The Labute approximate surface area is 105 Å². The summed E-state index contributed by atoms with van der Waals surface area (Å²) in [4.78, 5) is 22.6. The summed E-state index contributed by atoms with van der Waals surface area (Å²) < 4.78 is 0. The Bertz CT molecular complexity index is 473. The molecule has 1 aliphatic heterocycles. The number of benzene rings is 1. The van der Waals surface area contributed by atoms with Gasteiger partial charge in [-0.05, 0) is 24.5 Å². The Hall–Kier alpha value is -1.88. The number of carboxylic acids is 1. The van der Waals surface area contributed by atoms with Crippen molar-refractivity contribution in [2.45, 2.75) is 32.0 Å². The van der Waals surface area contributed by atoms with Gasteiger partial charge in [-0.1, -0.05) is 24.3 Å². The molecule has 0 spiro atoms. The molecule has 0 saturated carbocycles. The number of hydrogen-bond donors (Lipinski definition) is 3. The van der Waals surface area contributed by atoms with Crippen LogP contribution in [0, 0.1) is 0 Å². The molecule has 1 aliphatic rings. The largest absolute Gasteiger partial charge is 0.480 e. The normalized spacial score (nSPS) is 19.7. The summed E-state index contributed by atoms with van der Waals surface area (Å²) >= 11 is 0. The second-order valence-corrected chi connectivity index (χ2v) is 4.47. The molecule has 96 valence electrons. The average molecular weight is 248 g/mol. The molecule has 0 saturated heterocycles. The van der Waals surface area contributed by atoms with Gasteiger partial charge in [0, 0.05) is 6.54 Å². The summed E-state index contributed by atoms with van der Waals surface area (Å²) in [6.07, 6.45) is 0.592. The number of hydrogen-bond acceptors (Lipinski definition) is 3. The van der Waals surface area contributed by atoms with Crippen LogP contribution in [0.1, 0.15) is 18.1 Å². The summed E-state index contributed by atoms with van der Waals surface area (Å²) in [6, 6.07) is 6.71. The molecule has 2 atom stereocenters. The Morgan fingerprint density at radius 3 is 2.72 bits per heavy atom. The van der Waals surface area contributed by atoms with Crippen LogP contribution in [-0.2, 0) is 22.6 Å². The fraction of sp³-hybridized carbons (Fsp3) is 0.385. The number of fused-ring (bicyclic) bond motifs is 1. The van der Waals surface area contributed by atoms with Crippen LogP contribution >= 0.6 is 0 Å². The van der Waals surface area contributed by atoms with Gasteiger partial charge in [-0.2, -0.15) is 0 Å². The van der Waals surface area contributed by atoms with E-state index in [-0.39, 0.29) is 11.9 Å². The third kappa shape index (κ3) is 2.68. The molecule has 0 bridgehead atoms. The van der Waals surface area contributed by atoms with Gasteiger partial charge < -0.3 is 15.7 Å². The minimum absolute atomic E-state index is 0.264. The van der Waals surface area contributed by atoms with E-state index in [0.717, 1.165) is 5.56 Å². The lowest BCUT2D eigenvalue weighted by atomic mass is 9.95. The van der Waals surface area contributed by atoms with Gasteiger partial charge in [0.1, 0.15) is 6.04 Å². The molecular weight excluding hydrogens is 232 g/mol. The first-order chi connectivity index (χ1) is 8.58. The first kappa shape index (κ1) is 12.6. The van der Waals surface area contributed by atoms with Gasteiger partial charge in [0.15, 0.2) is 0 Å². The van der Waals surface area contributed by atoms with Crippen molar-refractivity contribution in [1.29, 1.82) is 0 Å². The highest BCUT2D eigenvalue weighted by molar-refractivity contribution is 5.87. The number of carbonyl (C=O) groups excluding carboxylic acids is 1. The molecule has 5 nitrogen and oxygen atoms in total. The molecule has 1 heterocycles. The maximum absolute atomic E-state index is 11.9.